The quantitative estimate of drug-likeness (QED) is 0.791. The van der Waals surface area contributed by atoms with Crippen LogP contribution in [0.5, 0.6) is 0 Å². The molecule has 1 saturated heterocycles. The number of hydrogen-bond donors (Lipinski definition) is 2. The van der Waals surface area contributed by atoms with Crippen LogP contribution in [0.15, 0.2) is 27.6 Å². The van der Waals surface area contributed by atoms with E-state index in [4.69, 9.17) is 5.73 Å². The van der Waals surface area contributed by atoms with Gasteiger partial charge in [-0.25, -0.2) is 8.42 Å². The summed E-state index contributed by atoms with van der Waals surface area (Å²) in [7, 11) is -3.52. The molecule has 0 amide bonds. The molecule has 1 fully saturated rings. The fourth-order valence-corrected chi connectivity index (χ4v) is 4.24. The van der Waals surface area contributed by atoms with Gasteiger partial charge in [-0.3, -0.25) is 0 Å². The van der Waals surface area contributed by atoms with Crippen molar-refractivity contribution in [3.8, 4) is 0 Å². The van der Waals surface area contributed by atoms with Gasteiger partial charge in [0.25, 0.3) is 0 Å². The van der Waals surface area contributed by atoms with E-state index in [9.17, 15) is 13.5 Å². The molecule has 7 heteroatoms. The van der Waals surface area contributed by atoms with Crippen molar-refractivity contribution in [2.75, 3.05) is 18.8 Å². The zero-order valence-corrected chi connectivity index (χ0v) is 13.0. The van der Waals surface area contributed by atoms with Gasteiger partial charge in [0.1, 0.15) is 0 Å². The number of benzene rings is 1. The first-order chi connectivity index (χ1) is 8.82. The van der Waals surface area contributed by atoms with Crippen LogP contribution in [0.1, 0.15) is 13.3 Å². The van der Waals surface area contributed by atoms with Crippen molar-refractivity contribution in [1.29, 1.82) is 0 Å². The first-order valence-corrected chi connectivity index (χ1v) is 8.29. The molecule has 0 spiro atoms. The zero-order chi connectivity index (χ0) is 14.2. The van der Waals surface area contributed by atoms with E-state index in [-0.39, 0.29) is 10.8 Å². The van der Waals surface area contributed by atoms with E-state index >= 15 is 0 Å². The Morgan fingerprint density at radius 1 is 1.47 bits per heavy atom. The van der Waals surface area contributed by atoms with Gasteiger partial charge in [0, 0.05) is 23.2 Å². The van der Waals surface area contributed by atoms with Crippen molar-refractivity contribution in [2.24, 2.45) is 5.92 Å². The summed E-state index contributed by atoms with van der Waals surface area (Å²) in [4.78, 5) is 0.220. The number of nitrogens with two attached hydrogens (primary N) is 1. The average molecular weight is 349 g/mol. The predicted molar refractivity (Wildman–Crippen MR) is 77.1 cm³/mol. The number of halogens is 1. The van der Waals surface area contributed by atoms with Crippen LogP contribution >= 0.6 is 15.9 Å². The topological polar surface area (TPSA) is 83.6 Å². The Labute approximate surface area is 121 Å². The Hall–Kier alpha value is -0.630. The van der Waals surface area contributed by atoms with Crippen molar-refractivity contribution in [3.05, 3.63) is 22.7 Å². The first kappa shape index (κ1) is 14.8. The van der Waals surface area contributed by atoms with Crippen LogP contribution in [0.25, 0.3) is 0 Å². The summed E-state index contributed by atoms with van der Waals surface area (Å²) in [6.45, 7) is 2.53. The minimum atomic E-state index is -3.52. The Morgan fingerprint density at radius 2 is 2.16 bits per heavy atom. The van der Waals surface area contributed by atoms with Gasteiger partial charge in [-0.2, -0.15) is 4.31 Å². The van der Waals surface area contributed by atoms with E-state index in [1.807, 2.05) is 6.92 Å². The molecule has 1 aromatic carbocycles. The summed E-state index contributed by atoms with van der Waals surface area (Å²) in [5, 5.41) is 9.67. The number of sulfonamides is 1. The van der Waals surface area contributed by atoms with Crippen LogP contribution in [0.2, 0.25) is 0 Å². The van der Waals surface area contributed by atoms with E-state index in [2.05, 4.69) is 15.9 Å². The summed E-state index contributed by atoms with van der Waals surface area (Å²) in [5.41, 5.74) is 6.16. The van der Waals surface area contributed by atoms with Gasteiger partial charge in [0.05, 0.1) is 11.0 Å². The van der Waals surface area contributed by atoms with Gasteiger partial charge in [-0.15, -0.1) is 0 Å². The molecule has 1 aliphatic heterocycles. The summed E-state index contributed by atoms with van der Waals surface area (Å²) in [5.74, 6) is -0.0549. The Balaban J connectivity index is 2.29. The molecule has 0 radical (unpaired) electrons. The molecule has 5 nitrogen and oxygen atoms in total. The molecule has 1 aromatic rings. The summed E-state index contributed by atoms with van der Waals surface area (Å²) < 4.78 is 27.0. The van der Waals surface area contributed by atoms with Crippen LogP contribution in [-0.2, 0) is 10.0 Å². The van der Waals surface area contributed by atoms with Crippen LogP contribution in [-0.4, -0.2) is 37.0 Å². The highest BCUT2D eigenvalue weighted by Gasteiger charge is 2.32. The molecular formula is C12H17BrN2O3S. The van der Waals surface area contributed by atoms with Crippen LogP contribution in [0.4, 0.5) is 5.69 Å². The maximum absolute atomic E-state index is 12.5. The fourth-order valence-electron chi connectivity index (χ4n) is 2.13. The minimum absolute atomic E-state index is 0.0549. The summed E-state index contributed by atoms with van der Waals surface area (Å²) >= 11 is 3.24. The van der Waals surface area contributed by atoms with E-state index < -0.39 is 16.1 Å². The van der Waals surface area contributed by atoms with Crippen LogP contribution in [0, 0.1) is 5.92 Å². The summed E-state index contributed by atoms with van der Waals surface area (Å²) in [6.07, 6.45) is 0.0425. The van der Waals surface area contributed by atoms with Crippen molar-refractivity contribution in [3.63, 3.8) is 0 Å². The lowest BCUT2D eigenvalue weighted by Crippen LogP contribution is -2.44. The molecule has 0 bridgehead atoms. The number of piperidine rings is 1. The third kappa shape index (κ3) is 2.94. The van der Waals surface area contributed by atoms with E-state index in [1.54, 1.807) is 6.07 Å². The second kappa shape index (κ2) is 5.40. The van der Waals surface area contributed by atoms with E-state index in [1.165, 1.54) is 16.4 Å². The largest absolute Gasteiger partial charge is 0.398 e. The van der Waals surface area contributed by atoms with Crippen molar-refractivity contribution < 1.29 is 13.5 Å². The number of rotatable bonds is 2. The molecule has 1 heterocycles. The second-order valence-electron chi connectivity index (χ2n) is 4.88. The van der Waals surface area contributed by atoms with Gasteiger partial charge in [-0.05, 0) is 46.5 Å². The SMILES string of the molecule is CC1CN(S(=O)(=O)c2ccc(N)c(Br)c2)CCC1O. The summed E-state index contributed by atoms with van der Waals surface area (Å²) in [6, 6.07) is 4.59. The number of nitrogen functional groups attached to an aromatic ring is 1. The minimum Gasteiger partial charge on any atom is -0.398 e. The van der Waals surface area contributed by atoms with Crippen molar-refractivity contribution in [1.82, 2.24) is 4.31 Å². The number of hydrogen-bond acceptors (Lipinski definition) is 4. The molecule has 2 unspecified atom stereocenters. The molecule has 106 valence electrons. The maximum Gasteiger partial charge on any atom is 0.243 e. The maximum atomic E-state index is 12.5. The molecule has 2 atom stereocenters. The molecule has 0 aliphatic carbocycles. The van der Waals surface area contributed by atoms with Gasteiger partial charge in [0.15, 0.2) is 0 Å². The van der Waals surface area contributed by atoms with Gasteiger partial charge < -0.3 is 10.8 Å². The Bertz CT molecular complexity index is 576. The smallest absolute Gasteiger partial charge is 0.243 e. The lowest BCUT2D eigenvalue weighted by molar-refractivity contribution is 0.0628. The zero-order valence-electron chi connectivity index (χ0n) is 10.6. The highest BCUT2D eigenvalue weighted by molar-refractivity contribution is 9.10. The Kier molecular flexibility index (Phi) is 4.20. The van der Waals surface area contributed by atoms with Gasteiger partial charge >= 0.3 is 0 Å². The standard InChI is InChI=1S/C12H17BrN2O3S/c1-8-7-15(5-4-12(8)16)19(17,18)9-2-3-11(14)10(13)6-9/h2-3,6,8,12,16H,4-5,7,14H2,1H3. The molecule has 0 aromatic heterocycles. The Morgan fingerprint density at radius 3 is 2.74 bits per heavy atom. The van der Waals surface area contributed by atoms with Gasteiger partial charge in [0.2, 0.25) is 10.0 Å². The lowest BCUT2D eigenvalue weighted by Gasteiger charge is -2.33. The third-order valence-electron chi connectivity index (χ3n) is 3.43. The fraction of sp³-hybridized carbons (Fsp3) is 0.500. The van der Waals surface area contributed by atoms with Crippen molar-refractivity contribution in [2.45, 2.75) is 24.3 Å². The average Bonchev–Trinajstić information content (AvgIpc) is 2.35. The number of aliphatic hydroxyl groups excluding tert-OH is 1. The van der Waals surface area contributed by atoms with E-state index in [0.29, 0.717) is 29.7 Å². The van der Waals surface area contributed by atoms with E-state index in [0.717, 1.165) is 0 Å². The van der Waals surface area contributed by atoms with Gasteiger partial charge in [-0.1, -0.05) is 6.92 Å². The highest BCUT2D eigenvalue weighted by Crippen LogP contribution is 2.27. The monoisotopic (exact) mass is 348 g/mol. The molecule has 19 heavy (non-hydrogen) atoms. The first-order valence-electron chi connectivity index (χ1n) is 6.05. The lowest BCUT2D eigenvalue weighted by atomic mass is 9.99. The predicted octanol–water partition coefficient (Wildman–Crippen LogP) is 1.42. The molecule has 1 aliphatic rings. The number of anilines is 1. The number of aliphatic hydroxyl groups is 1. The molecule has 3 N–H and O–H groups in total. The molecular weight excluding hydrogens is 332 g/mol. The van der Waals surface area contributed by atoms with Crippen molar-refractivity contribution >= 4 is 31.6 Å². The molecule has 0 saturated carbocycles. The molecule has 2 rings (SSSR count). The normalized spacial score (nSPS) is 25.4. The van der Waals surface area contributed by atoms with Crippen LogP contribution < -0.4 is 5.73 Å². The third-order valence-corrected chi connectivity index (χ3v) is 5.98. The highest BCUT2D eigenvalue weighted by atomic mass is 79.9. The number of nitrogens with zero attached hydrogens (tertiary/aromatic N) is 1. The van der Waals surface area contributed by atoms with Crippen LogP contribution in [0.3, 0.4) is 0 Å². The second-order valence-corrected chi connectivity index (χ2v) is 7.67.